The van der Waals surface area contributed by atoms with E-state index in [2.05, 4.69) is 0 Å². The number of carboxylic acids is 1. The molecule has 138 valence electrons. The number of rotatable bonds is 5. The number of aromatic carboxylic acids is 1. The number of ether oxygens (including phenoxy) is 3. The summed E-state index contributed by atoms with van der Waals surface area (Å²) in [7, 11) is 1.45. The maximum absolute atomic E-state index is 12.3. The monoisotopic (exact) mass is 351 g/mol. The van der Waals surface area contributed by atoms with Gasteiger partial charge in [-0.3, -0.25) is 0 Å². The SMILES string of the molecule is COc1cc(C(=O)O)ccc1OC[C@@H]1CCCN1C(=O)OC(C)(C)C. The molecule has 0 radical (unpaired) electrons. The molecule has 0 saturated carbocycles. The van der Waals surface area contributed by atoms with E-state index in [9.17, 15) is 9.59 Å². The number of carbonyl (C=O) groups is 2. The van der Waals surface area contributed by atoms with Crippen molar-refractivity contribution in [3.05, 3.63) is 23.8 Å². The van der Waals surface area contributed by atoms with Crippen LogP contribution in [-0.4, -0.2) is 54.0 Å². The fourth-order valence-electron chi connectivity index (χ4n) is 2.68. The number of hydrogen-bond acceptors (Lipinski definition) is 5. The summed E-state index contributed by atoms with van der Waals surface area (Å²) in [5, 5.41) is 9.03. The van der Waals surface area contributed by atoms with Crippen LogP contribution in [0.5, 0.6) is 11.5 Å². The van der Waals surface area contributed by atoms with Gasteiger partial charge in [-0.05, 0) is 51.8 Å². The first-order valence-electron chi connectivity index (χ1n) is 8.25. The van der Waals surface area contributed by atoms with Crippen LogP contribution in [0.25, 0.3) is 0 Å². The van der Waals surface area contributed by atoms with Crippen LogP contribution in [0.3, 0.4) is 0 Å². The molecule has 0 aromatic heterocycles. The zero-order valence-electron chi connectivity index (χ0n) is 15.1. The standard InChI is InChI=1S/C18H25NO6/c1-18(2,3)25-17(22)19-9-5-6-13(19)11-24-14-8-7-12(16(20)21)10-15(14)23-4/h7-8,10,13H,5-6,9,11H2,1-4H3,(H,20,21)/t13-/m0/s1. The van der Waals surface area contributed by atoms with Crippen molar-refractivity contribution in [2.24, 2.45) is 0 Å². The van der Waals surface area contributed by atoms with Gasteiger partial charge in [-0.1, -0.05) is 0 Å². The Labute approximate surface area is 147 Å². The van der Waals surface area contributed by atoms with Crippen LogP contribution in [0.4, 0.5) is 4.79 Å². The van der Waals surface area contributed by atoms with Crippen LogP contribution in [0.1, 0.15) is 44.0 Å². The molecule has 1 saturated heterocycles. The van der Waals surface area contributed by atoms with Gasteiger partial charge in [0, 0.05) is 6.54 Å². The van der Waals surface area contributed by atoms with Crippen LogP contribution in [-0.2, 0) is 4.74 Å². The minimum absolute atomic E-state index is 0.0845. The number of carbonyl (C=O) groups excluding carboxylic acids is 1. The number of carboxylic acid groups (broad SMARTS) is 1. The van der Waals surface area contributed by atoms with Crippen LogP contribution < -0.4 is 9.47 Å². The summed E-state index contributed by atoms with van der Waals surface area (Å²) in [4.78, 5) is 25.0. The van der Waals surface area contributed by atoms with Crippen molar-refractivity contribution in [2.45, 2.75) is 45.3 Å². The van der Waals surface area contributed by atoms with Gasteiger partial charge in [-0.15, -0.1) is 0 Å². The van der Waals surface area contributed by atoms with Gasteiger partial charge in [0.1, 0.15) is 12.2 Å². The Balaban J connectivity index is 2.02. The van der Waals surface area contributed by atoms with Crippen molar-refractivity contribution in [2.75, 3.05) is 20.3 Å². The van der Waals surface area contributed by atoms with E-state index < -0.39 is 11.6 Å². The second-order valence-electron chi connectivity index (χ2n) is 6.95. The van der Waals surface area contributed by atoms with Gasteiger partial charge in [0.2, 0.25) is 0 Å². The van der Waals surface area contributed by atoms with E-state index in [1.165, 1.54) is 19.2 Å². The van der Waals surface area contributed by atoms with Gasteiger partial charge in [-0.2, -0.15) is 0 Å². The average Bonchev–Trinajstić information content (AvgIpc) is 2.99. The fourth-order valence-corrected chi connectivity index (χ4v) is 2.68. The minimum Gasteiger partial charge on any atom is -0.493 e. The molecule has 1 N–H and O–H groups in total. The maximum atomic E-state index is 12.3. The number of likely N-dealkylation sites (tertiary alicyclic amines) is 1. The average molecular weight is 351 g/mol. The predicted molar refractivity (Wildman–Crippen MR) is 91.4 cm³/mol. The lowest BCUT2D eigenvalue weighted by atomic mass is 10.2. The zero-order valence-corrected chi connectivity index (χ0v) is 15.1. The summed E-state index contributed by atoms with van der Waals surface area (Å²) in [6.07, 6.45) is 1.38. The molecule has 0 bridgehead atoms. The third kappa shape index (κ3) is 5.01. The normalized spacial score (nSPS) is 17.3. The van der Waals surface area contributed by atoms with Crippen molar-refractivity contribution >= 4 is 12.1 Å². The lowest BCUT2D eigenvalue weighted by Gasteiger charge is -2.28. The van der Waals surface area contributed by atoms with Crippen LogP contribution >= 0.6 is 0 Å². The lowest BCUT2D eigenvalue weighted by molar-refractivity contribution is 0.0186. The second-order valence-corrected chi connectivity index (χ2v) is 6.95. The smallest absolute Gasteiger partial charge is 0.410 e. The highest BCUT2D eigenvalue weighted by molar-refractivity contribution is 5.88. The molecule has 7 heteroatoms. The van der Waals surface area contributed by atoms with E-state index in [4.69, 9.17) is 19.3 Å². The molecule has 0 aliphatic carbocycles. The molecule has 1 heterocycles. The van der Waals surface area contributed by atoms with Gasteiger partial charge >= 0.3 is 12.1 Å². The quantitative estimate of drug-likeness (QED) is 0.877. The summed E-state index contributed by atoms with van der Waals surface area (Å²) >= 11 is 0. The predicted octanol–water partition coefficient (Wildman–Crippen LogP) is 3.17. The first-order valence-corrected chi connectivity index (χ1v) is 8.25. The molecule has 1 aliphatic heterocycles. The Kier molecular flexibility index (Phi) is 5.77. The fraction of sp³-hybridized carbons (Fsp3) is 0.556. The highest BCUT2D eigenvalue weighted by Crippen LogP contribution is 2.29. The van der Waals surface area contributed by atoms with Crippen LogP contribution in [0, 0.1) is 0 Å². The molecule has 7 nitrogen and oxygen atoms in total. The first-order chi connectivity index (χ1) is 11.7. The lowest BCUT2D eigenvalue weighted by Crippen LogP contribution is -2.42. The van der Waals surface area contributed by atoms with Crippen molar-refractivity contribution in [3.63, 3.8) is 0 Å². The van der Waals surface area contributed by atoms with E-state index in [1.54, 1.807) is 11.0 Å². The van der Waals surface area contributed by atoms with Crippen molar-refractivity contribution in [1.29, 1.82) is 0 Å². The number of hydrogen-bond donors (Lipinski definition) is 1. The second kappa shape index (κ2) is 7.63. The molecule has 0 spiro atoms. The third-order valence-corrected chi connectivity index (χ3v) is 3.85. The number of nitrogens with zero attached hydrogens (tertiary/aromatic N) is 1. The highest BCUT2D eigenvalue weighted by Gasteiger charge is 2.32. The van der Waals surface area contributed by atoms with Crippen molar-refractivity contribution in [3.8, 4) is 11.5 Å². The summed E-state index contributed by atoms with van der Waals surface area (Å²) in [6.45, 7) is 6.43. The van der Waals surface area contributed by atoms with E-state index in [-0.39, 0.29) is 17.7 Å². The molecule has 1 aromatic carbocycles. The number of benzene rings is 1. The van der Waals surface area contributed by atoms with E-state index in [1.807, 2.05) is 20.8 Å². The molecule has 2 rings (SSSR count). The summed E-state index contributed by atoms with van der Waals surface area (Å²) in [5.41, 5.74) is -0.415. The van der Waals surface area contributed by atoms with Gasteiger partial charge in [-0.25, -0.2) is 9.59 Å². The molecule has 1 aliphatic rings. The molecular weight excluding hydrogens is 326 g/mol. The first kappa shape index (κ1) is 18.9. The van der Waals surface area contributed by atoms with E-state index >= 15 is 0 Å². The zero-order chi connectivity index (χ0) is 18.6. The molecular formula is C18H25NO6. The topological polar surface area (TPSA) is 85.3 Å². The highest BCUT2D eigenvalue weighted by atomic mass is 16.6. The number of amides is 1. The van der Waals surface area contributed by atoms with E-state index in [0.717, 1.165) is 12.8 Å². The Morgan fingerprint density at radius 1 is 1.28 bits per heavy atom. The third-order valence-electron chi connectivity index (χ3n) is 3.85. The van der Waals surface area contributed by atoms with Gasteiger partial charge in [0.25, 0.3) is 0 Å². The molecule has 1 aromatic rings. The Bertz CT molecular complexity index is 637. The number of methoxy groups -OCH3 is 1. The van der Waals surface area contributed by atoms with Gasteiger partial charge in [0.15, 0.2) is 11.5 Å². The Hall–Kier alpha value is -2.44. The van der Waals surface area contributed by atoms with Crippen LogP contribution in [0.15, 0.2) is 18.2 Å². The Morgan fingerprint density at radius 2 is 2.00 bits per heavy atom. The Morgan fingerprint density at radius 3 is 2.60 bits per heavy atom. The molecule has 1 amide bonds. The molecule has 1 atom stereocenters. The van der Waals surface area contributed by atoms with Gasteiger partial charge < -0.3 is 24.2 Å². The largest absolute Gasteiger partial charge is 0.493 e. The summed E-state index contributed by atoms with van der Waals surface area (Å²) < 4.78 is 16.4. The molecule has 0 unspecified atom stereocenters. The van der Waals surface area contributed by atoms with Crippen LogP contribution in [0.2, 0.25) is 0 Å². The van der Waals surface area contributed by atoms with E-state index in [0.29, 0.717) is 24.7 Å². The molecule has 1 fully saturated rings. The maximum Gasteiger partial charge on any atom is 0.410 e. The summed E-state index contributed by atoms with van der Waals surface area (Å²) in [6, 6.07) is 4.35. The summed E-state index contributed by atoms with van der Waals surface area (Å²) in [5.74, 6) is -0.234. The molecule has 25 heavy (non-hydrogen) atoms. The van der Waals surface area contributed by atoms with Crippen molar-refractivity contribution in [1.82, 2.24) is 4.90 Å². The minimum atomic E-state index is -1.03. The van der Waals surface area contributed by atoms with Crippen molar-refractivity contribution < 1.29 is 28.9 Å². The van der Waals surface area contributed by atoms with Gasteiger partial charge in [0.05, 0.1) is 18.7 Å².